The topological polar surface area (TPSA) is 157 Å². The molecule has 0 aliphatic carbocycles. The van der Waals surface area contributed by atoms with Gasteiger partial charge in [-0.05, 0) is 12.1 Å². The Morgan fingerprint density at radius 1 is 1.08 bits per heavy atom. The van der Waals surface area contributed by atoms with Gasteiger partial charge in [-0.15, -0.1) is 5.10 Å². The molecule has 6 rings (SSSR count). The number of ether oxygens (including phenoxy) is 1. The summed E-state index contributed by atoms with van der Waals surface area (Å²) in [4.78, 5) is 20.3. The van der Waals surface area contributed by atoms with Crippen LogP contribution in [0.4, 0.5) is 5.95 Å². The van der Waals surface area contributed by atoms with Crippen LogP contribution in [0.1, 0.15) is 5.56 Å². The van der Waals surface area contributed by atoms with Crippen LogP contribution in [0.5, 0.6) is 0 Å². The third-order valence-electron chi connectivity index (χ3n) is 6.25. The van der Waals surface area contributed by atoms with Crippen LogP contribution in [0.3, 0.4) is 0 Å². The summed E-state index contributed by atoms with van der Waals surface area (Å²) < 4.78 is 9.39. The van der Waals surface area contributed by atoms with Gasteiger partial charge in [0.1, 0.15) is 0 Å². The van der Waals surface area contributed by atoms with Crippen LogP contribution < -0.4 is 4.90 Å². The summed E-state index contributed by atoms with van der Waals surface area (Å²) in [7, 11) is 0. The predicted molar refractivity (Wildman–Crippen MR) is 136 cm³/mol. The van der Waals surface area contributed by atoms with Gasteiger partial charge in [0.15, 0.2) is 5.65 Å². The summed E-state index contributed by atoms with van der Waals surface area (Å²) in [6.45, 7) is 2.67. The number of benzene rings is 1. The van der Waals surface area contributed by atoms with Crippen molar-refractivity contribution in [3.63, 3.8) is 0 Å². The maximum absolute atomic E-state index is 9.21. The Labute approximate surface area is 217 Å². The molecule has 1 aliphatic rings. The zero-order chi connectivity index (χ0) is 25.9. The van der Waals surface area contributed by atoms with Crippen LogP contribution >= 0.6 is 0 Å². The van der Waals surface area contributed by atoms with E-state index >= 15 is 0 Å². The second-order valence-electron chi connectivity index (χ2n) is 8.79. The Bertz CT molecular complexity index is 1610. The highest BCUT2D eigenvalue weighted by atomic mass is 16.5. The fraction of sp³-hybridized carbons (Fsp3) is 0.280. The van der Waals surface area contributed by atoms with Crippen molar-refractivity contribution >= 4 is 17.2 Å². The summed E-state index contributed by atoms with van der Waals surface area (Å²) in [5.41, 5.74) is 4.73. The van der Waals surface area contributed by atoms with E-state index in [4.69, 9.17) is 14.8 Å². The Morgan fingerprint density at radius 3 is 2.82 bits per heavy atom. The minimum absolute atomic E-state index is 0.0308. The first-order valence-corrected chi connectivity index (χ1v) is 12.1. The summed E-state index contributed by atoms with van der Waals surface area (Å²) in [5.74, 6) is 0.618. The van der Waals surface area contributed by atoms with Crippen LogP contribution in [-0.4, -0.2) is 82.2 Å². The lowest BCUT2D eigenvalue weighted by molar-refractivity contribution is 0.0273. The number of aromatic nitrogens is 9. The largest absolute Gasteiger partial charge is 0.394 e. The quantitative estimate of drug-likeness (QED) is 0.337. The van der Waals surface area contributed by atoms with Crippen molar-refractivity contribution in [3.05, 3.63) is 60.8 Å². The summed E-state index contributed by atoms with van der Waals surface area (Å²) in [6, 6.07) is 9.38. The minimum Gasteiger partial charge on any atom is -0.394 e. The number of fused-ring (bicyclic) bond motifs is 1. The van der Waals surface area contributed by atoms with E-state index in [9.17, 15) is 5.26 Å². The van der Waals surface area contributed by atoms with Crippen molar-refractivity contribution < 1.29 is 9.84 Å². The van der Waals surface area contributed by atoms with Gasteiger partial charge in [0.2, 0.25) is 11.6 Å². The highest BCUT2D eigenvalue weighted by Crippen LogP contribution is 2.22. The van der Waals surface area contributed by atoms with Gasteiger partial charge >= 0.3 is 0 Å². The summed E-state index contributed by atoms with van der Waals surface area (Å²) in [6.07, 6.45) is 8.59. The van der Waals surface area contributed by atoms with E-state index < -0.39 is 0 Å². The van der Waals surface area contributed by atoms with Gasteiger partial charge in [-0.1, -0.05) is 17.3 Å². The fourth-order valence-corrected chi connectivity index (χ4v) is 4.34. The lowest BCUT2D eigenvalue weighted by atomic mass is 10.1. The van der Waals surface area contributed by atoms with Crippen LogP contribution in [-0.2, 0) is 17.8 Å². The molecule has 1 saturated heterocycles. The van der Waals surface area contributed by atoms with Crippen molar-refractivity contribution in [2.45, 2.75) is 19.2 Å². The number of nitriles is 1. The number of aliphatic hydroxyl groups is 1. The number of nitrogens with zero attached hydrogens (tertiary/aromatic N) is 11. The molecule has 1 aromatic carbocycles. The van der Waals surface area contributed by atoms with E-state index in [1.165, 1.54) is 0 Å². The zero-order valence-electron chi connectivity index (χ0n) is 20.3. The highest BCUT2D eigenvalue weighted by Gasteiger charge is 2.24. The maximum Gasteiger partial charge on any atom is 0.225 e. The lowest BCUT2D eigenvalue weighted by Gasteiger charge is -2.32. The van der Waals surface area contributed by atoms with Gasteiger partial charge in [-0.25, -0.2) is 24.6 Å². The SMILES string of the molecule is N#Cc1cccc(-c2cnc3nnn(C[C@H]4CN(c5ncc(-c6cnn(CCO)c6)cn5)CCO4)c3n2)c1. The molecule has 0 saturated carbocycles. The molecule has 1 atom stereocenters. The van der Waals surface area contributed by atoms with E-state index in [1.54, 1.807) is 46.3 Å². The Morgan fingerprint density at radius 2 is 1.97 bits per heavy atom. The number of hydrogen-bond acceptors (Lipinski definition) is 11. The molecule has 0 radical (unpaired) electrons. The van der Waals surface area contributed by atoms with E-state index in [0.717, 1.165) is 16.7 Å². The first kappa shape index (κ1) is 23.6. The summed E-state index contributed by atoms with van der Waals surface area (Å²) in [5, 5.41) is 30.9. The molecule has 1 aliphatic heterocycles. The predicted octanol–water partition coefficient (Wildman–Crippen LogP) is 1.31. The standard InChI is InChI=1S/C25H23N11O2/c26-9-17-2-1-3-18(8-17)22-13-27-23-24(31-22)36(33-32-23)16-21-15-34(5-7-38-21)25-28-10-19(11-29-25)20-12-30-35(14-20)4-6-37/h1-3,8,10-14,21,37H,4-7,15-16H2/t21-/m1/s1. The number of rotatable bonds is 7. The third kappa shape index (κ3) is 4.77. The zero-order valence-corrected chi connectivity index (χ0v) is 20.3. The first-order chi connectivity index (χ1) is 18.7. The van der Waals surface area contributed by atoms with Crippen LogP contribution in [0, 0.1) is 11.3 Å². The van der Waals surface area contributed by atoms with E-state index in [-0.39, 0.29) is 12.7 Å². The monoisotopic (exact) mass is 509 g/mol. The molecule has 190 valence electrons. The summed E-state index contributed by atoms with van der Waals surface area (Å²) >= 11 is 0. The molecule has 0 bridgehead atoms. The molecule has 1 N–H and O–H groups in total. The van der Waals surface area contributed by atoms with Gasteiger partial charge in [0.05, 0.1) is 62.1 Å². The molecular formula is C25H23N11O2. The van der Waals surface area contributed by atoms with Gasteiger partial charge < -0.3 is 14.7 Å². The smallest absolute Gasteiger partial charge is 0.225 e. The van der Waals surface area contributed by atoms with E-state index in [0.29, 0.717) is 61.3 Å². The van der Waals surface area contributed by atoms with Crippen molar-refractivity contribution in [1.29, 1.82) is 5.26 Å². The van der Waals surface area contributed by atoms with Crippen molar-refractivity contribution in [1.82, 2.24) is 44.7 Å². The van der Waals surface area contributed by atoms with Crippen molar-refractivity contribution in [3.8, 4) is 28.5 Å². The normalized spacial score (nSPS) is 15.6. The van der Waals surface area contributed by atoms with Crippen LogP contribution in [0.15, 0.2) is 55.2 Å². The van der Waals surface area contributed by atoms with Gasteiger partial charge in [0.25, 0.3) is 0 Å². The third-order valence-corrected chi connectivity index (χ3v) is 6.25. The molecule has 1 fully saturated rings. The Kier molecular flexibility index (Phi) is 6.39. The van der Waals surface area contributed by atoms with Crippen molar-refractivity contribution in [2.24, 2.45) is 0 Å². The first-order valence-electron chi connectivity index (χ1n) is 12.1. The molecule has 0 spiro atoms. The van der Waals surface area contributed by atoms with E-state index in [1.807, 2.05) is 18.3 Å². The van der Waals surface area contributed by atoms with Gasteiger partial charge in [-0.2, -0.15) is 10.4 Å². The number of anilines is 1. The fourth-order valence-electron chi connectivity index (χ4n) is 4.34. The molecule has 4 aromatic heterocycles. The van der Waals surface area contributed by atoms with Crippen LogP contribution in [0.25, 0.3) is 33.7 Å². The van der Waals surface area contributed by atoms with E-state index in [2.05, 4.69) is 41.3 Å². The van der Waals surface area contributed by atoms with Crippen molar-refractivity contribution in [2.75, 3.05) is 31.2 Å². The molecule has 5 aromatic rings. The number of aliphatic hydroxyl groups excluding tert-OH is 1. The van der Waals surface area contributed by atoms with Gasteiger partial charge in [-0.3, -0.25) is 4.68 Å². The molecule has 5 heterocycles. The lowest BCUT2D eigenvalue weighted by Crippen LogP contribution is -2.45. The van der Waals surface area contributed by atoms with Crippen LogP contribution in [0.2, 0.25) is 0 Å². The maximum atomic E-state index is 9.21. The Hall–Kier alpha value is -4.80. The molecule has 0 amide bonds. The molecular weight excluding hydrogens is 486 g/mol. The highest BCUT2D eigenvalue weighted by molar-refractivity contribution is 5.70. The average molecular weight is 510 g/mol. The average Bonchev–Trinajstić information content (AvgIpc) is 3.60. The second kappa shape index (κ2) is 10.3. The molecule has 13 nitrogen and oxygen atoms in total. The second-order valence-corrected chi connectivity index (χ2v) is 8.79. The number of hydrogen-bond donors (Lipinski definition) is 1. The minimum atomic E-state index is -0.180. The molecule has 38 heavy (non-hydrogen) atoms. The molecule has 13 heteroatoms. The molecule has 0 unspecified atom stereocenters. The number of morpholine rings is 1. The Balaban J connectivity index is 1.17. The van der Waals surface area contributed by atoms with Gasteiger partial charge in [0, 0.05) is 48.4 Å².